The summed E-state index contributed by atoms with van der Waals surface area (Å²) in [5.41, 5.74) is 1.95. The summed E-state index contributed by atoms with van der Waals surface area (Å²) in [6.45, 7) is 0. The van der Waals surface area contributed by atoms with E-state index in [-0.39, 0.29) is 6.04 Å². The second-order valence-electron chi connectivity index (χ2n) is 3.98. The Kier molecular flexibility index (Phi) is 4.30. The lowest BCUT2D eigenvalue weighted by Gasteiger charge is -2.20. The van der Waals surface area contributed by atoms with Crippen molar-refractivity contribution in [3.8, 4) is 11.5 Å². The Bertz CT molecular complexity index is 531. The van der Waals surface area contributed by atoms with Gasteiger partial charge in [-0.2, -0.15) is 0 Å². The molecule has 1 aromatic heterocycles. The fourth-order valence-corrected chi connectivity index (χ4v) is 2.10. The molecular weight excluding hydrogens is 242 g/mol. The van der Waals surface area contributed by atoms with Crippen LogP contribution in [-0.2, 0) is 0 Å². The van der Waals surface area contributed by atoms with E-state index < -0.39 is 0 Å². The molecule has 0 fully saturated rings. The highest BCUT2D eigenvalue weighted by Crippen LogP contribution is 2.36. The first kappa shape index (κ1) is 13.3. The van der Waals surface area contributed by atoms with Gasteiger partial charge < -0.3 is 14.8 Å². The molecule has 0 bridgehead atoms. The largest absolute Gasteiger partial charge is 0.493 e. The van der Waals surface area contributed by atoms with Gasteiger partial charge in [0.05, 0.1) is 20.3 Å². The minimum atomic E-state index is -0.0498. The van der Waals surface area contributed by atoms with Gasteiger partial charge in [-0.15, -0.1) is 0 Å². The molecule has 1 atom stereocenters. The van der Waals surface area contributed by atoms with Crippen LogP contribution in [0, 0.1) is 0 Å². The summed E-state index contributed by atoms with van der Waals surface area (Å²) in [6, 6.07) is 5.75. The molecule has 1 N–H and O–H groups in total. The molecule has 0 amide bonds. The molecule has 5 heteroatoms. The van der Waals surface area contributed by atoms with E-state index in [0.29, 0.717) is 11.5 Å². The van der Waals surface area contributed by atoms with Gasteiger partial charge in [0.1, 0.15) is 6.33 Å². The Morgan fingerprint density at radius 3 is 2.42 bits per heavy atom. The van der Waals surface area contributed by atoms with E-state index in [0.717, 1.165) is 11.1 Å². The van der Waals surface area contributed by atoms with Gasteiger partial charge in [-0.25, -0.2) is 9.97 Å². The highest BCUT2D eigenvalue weighted by atomic mass is 16.5. The van der Waals surface area contributed by atoms with Crippen LogP contribution in [0.4, 0.5) is 0 Å². The van der Waals surface area contributed by atoms with Crippen molar-refractivity contribution >= 4 is 0 Å². The number of ether oxygens (including phenoxy) is 2. The molecule has 1 aromatic carbocycles. The highest BCUT2D eigenvalue weighted by molar-refractivity contribution is 5.50. The van der Waals surface area contributed by atoms with Crippen LogP contribution >= 0.6 is 0 Å². The van der Waals surface area contributed by atoms with Gasteiger partial charge in [0, 0.05) is 23.5 Å². The number of methoxy groups -OCH3 is 2. The first-order valence-corrected chi connectivity index (χ1v) is 5.94. The van der Waals surface area contributed by atoms with E-state index >= 15 is 0 Å². The van der Waals surface area contributed by atoms with Crippen LogP contribution in [0.25, 0.3) is 0 Å². The fraction of sp³-hybridized carbons (Fsp3) is 0.286. The van der Waals surface area contributed by atoms with E-state index in [1.54, 1.807) is 26.6 Å². The molecular formula is C14H17N3O2. The van der Waals surface area contributed by atoms with Crippen molar-refractivity contribution in [2.45, 2.75) is 6.04 Å². The Labute approximate surface area is 112 Å². The van der Waals surface area contributed by atoms with E-state index in [1.165, 1.54) is 6.33 Å². The van der Waals surface area contributed by atoms with Crippen molar-refractivity contribution in [3.05, 3.63) is 48.0 Å². The minimum Gasteiger partial charge on any atom is -0.493 e. The molecule has 0 saturated heterocycles. The average Bonchev–Trinajstić information content (AvgIpc) is 2.48. The summed E-state index contributed by atoms with van der Waals surface area (Å²) in [5, 5.41) is 3.25. The van der Waals surface area contributed by atoms with Crippen molar-refractivity contribution in [2.24, 2.45) is 0 Å². The standard InChI is InChI=1S/C14H17N3O2/c1-15-13(10-7-16-9-17-8-10)11-5-4-6-12(18-2)14(11)19-3/h4-9,13,15H,1-3H3. The number of rotatable bonds is 5. The molecule has 2 rings (SSSR count). The molecule has 5 nitrogen and oxygen atoms in total. The summed E-state index contributed by atoms with van der Waals surface area (Å²) in [7, 11) is 5.15. The zero-order valence-electron chi connectivity index (χ0n) is 11.3. The van der Waals surface area contributed by atoms with E-state index in [1.807, 2.05) is 25.2 Å². The second-order valence-corrected chi connectivity index (χ2v) is 3.98. The third-order valence-electron chi connectivity index (χ3n) is 2.95. The number of nitrogens with one attached hydrogen (secondary N) is 1. The highest BCUT2D eigenvalue weighted by Gasteiger charge is 2.19. The van der Waals surface area contributed by atoms with Crippen LogP contribution in [0.1, 0.15) is 17.2 Å². The van der Waals surface area contributed by atoms with E-state index in [9.17, 15) is 0 Å². The van der Waals surface area contributed by atoms with Crippen LogP contribution in [0.15, 0.2) is 36.9 Å². The lowest BCUT2D eigenvalue weighted by molar-refractivity contribution is 0.349. The molecule has 0 saturated carbocycles. The SMILES string of the molecule is CNC(c1cncnc1)c1cccc(OC)c1OC. The second kappa shape index (κ2) is 6.15. The van der Waals surface area contributed by atoms with Gasteiger partial charge >= 0.3 is 0 Å². The number of benzene rings is 1. The summed E-state index contributed by atoms with van der Waals surface area (Å²) >= 11 is 0. The summed E-state index contributed by atoms with van der Waals surface area (Å²) in [6.07, 6.45) is 5.08. The number of aromatic nitrogens is 2. The van der Waals surface area contributed by atoms with Crippen LogP contribution in [0.3, 0.4) is 0 Å². The Hall–Kier alpha value is -2.14. The summed E-state index contributed by atoms with van der Waals surface area (Å²) < 4.78 is 10.8. The number of nitrogens with zero attached hydrogens (tertiary/aromatic N) is 2. The maximum absolute atomic E-state index is 5.47. The van der Waals surface area contributed by atoms with Gasteiger partial charge in [-0.3, -0.25) is 0 Å². The third kappa shape index (κ3) is 2.66. The van der Waals surface area contributed by atoms with Crippen LogP contribution in [0.2, 0.25) is 0 Å². The smallest absolute Gasteiger partial charge is 0.165 e. The summed E-state index contributed by atoms with van der Waals surface area (Å²) in [5.74, 6) is 1.42. The topological polar surface area (TPSA) is 56.3 Å². The molecule has 1 heterocycles. The molecule has 0 spiro atoms. The predicted octanol–water partition coefficient (Wildman–Crippen LogP) is 1.80. The quantitative estimate of drug-likeness (QED) is 0.887. The molecule has 100 valence electrons. The van der Waals surface area contributed by atoms with Crippen molar-refractivity contribution in [1.82, 2.24) is 15.3 Å². The lowest BCUT2D eigenvalue weighted by Crippen LogP contribution is -2.19. The molecule has 0 radical (unpaired) electrons. The lowest BCUT2D eigenvalue weighted by atomic mass is 10.00. The van der Waals surface area contributed by atoms with Crippen molar-refractivity contribution in [1.29, 1.82) is 0 Å². The zero-order chi connectivity index (χ0) is 13.7. The normalized spacial score (nSPS) is 11.9. The number of hydrogen-bond donors (Lipinski definition) is 1. The number of para-hydroxylation sites is 1. The first-order chi connectivity index (χ1) is 9.31. The maximum Gasteiger partial charge on any atom is 0.165 e. The Morgan fingerprint density at radius 1 is 1.11 bits per heavy atom. The Balaban J connectivity index is 2.50. The first-order valence-electron chi connectivity index (χ1n) is 5.94. The van der Waals surface area contributed by atoms with E-state index in [2.05, 4.69) is 15.3 Å². The van der Waals surface area contributed by atoms with Gasteiger partial charge in [-0.05, 0) is 13.1 Å². The van der Waals surface area contributed by atoms with Crippen LogP contribution in [0.5, 0.6) is 11.5 Å². The number of hydrogen-bond acceptors (Lipinski definition) is 5. The third-order valence-corrected chi connectivity index (χ3v) is 2.95. The fourth-order valence-electron chi connectivity index (χ4n) is 2.10. The molecule has 0 aliphatic heterocycles. The monoisotopic (exact) mass is 259 g/mol. The molecule has 2 aromatic rings. The minimum absolute atomic E-state index is 0.0498. The zero-order valence-corrected chi connectivity index (χ0v) is 11.3. The van der Waals surface area contributed by atoms with E-state index in [4.69, 9.17) is 9.47 Å². The maximum atomic E-state index is 5.47. The van der Waals surface area contributed by atoms with Crippen molar-refractivity contribution in [3.63, 3.8) is 0 Å². The Morgan fingerprint density at radius 2 is 1.84 bits per heavy atom. The van der Waals surface area contributed by atoms with Crippen LogP contribution < -0.4 is 14.8 Å². The molecule has 19 heavy (non-hydrogen) atoms. The van der Waals surface area contributed by atoms with Gasteiger partial charge in [0.15, 0.2) is 11.5 Å². The van der Waals surface area contributed by atoms with Crippen LogP contribution in [-0.4, -0.2) is 31.2 Å². The average molecular weight is 259 g/mol. The van der Waals surface area contributed by atoms with Gasteiger partial charge in [0.25, 0.3) is 0 Å². The molecule has 1 unspecified atom stereocenters. The van der Waals surface area contributed by atoms with Crippen molar-refractivity contribution < 1.29 is 9.47 Å². The summed E-state index contributed by atoms with van der Waals surface area (Å²) in [4.78, 5) is 8.11. The molecule has 0 aliphatic carbocycles. The predicted molar refractivity (Wildman–Crippen MR) is 72.5 cm³/mol. The van der Waals surface area contributed by atoms with Crippen molar-refractivity contribution in [2.75, 3.05) is 21.3 Å². The van der Waals surface area contributed by atoms with Gasteiger partial charge in [-0.1, -0.05) is 12.1 Å². The molecule has 0 aliphatic rings. The van der Waals surface area contributed by atoms with Gasteiger partial charge in [0.2, 0.25) is 0 Å².